The van der Waals surface area contributed by atoms with Crippen LogP contribution in [-0.2, 0) is 4.79 Å². The molecule has 0 radical (unpaired) electrons. The van der Waals surface area contributed by atoms with E-state index >= 15 is 0 Å². The normalized spacial score (nSPS) is 18.9. The lowest BCUT2D eigenvalue weighted by Crippen LogP contribution is -2.40. The Hall–Kier alpha value is -3.11. The predicted molar refractivity (Wildman–Crippen MR) is 123 cm³/mol. The molecule has 30 heavy (non-hydrogen) atoms. The number of hydrogen-bond acceptors (Lipinski definition) is 3. The molecule has 1 saturated heterocycles. The fraction of sp³-hybridized carbons (Fsp3) is 0.269. The summed E-state index contributed by atoms with van der Waals surface area (Å²) in [5.41, 5.74) is 10.0. The van der Waals surface area contributed by atoms with E-state index in [1.165, 1.54) is 16.0 Å². The van der Waals surface area contributed by atoms with Crippen LogP contribution >= 0.6 is 0 Å². The number of nitrogens with zero attached hydrogens (tertiary/aromatic N) is 1. The second kappa shape index (κ2) is 7.96. The average Bonchev–Trinajstić information content (AvgIpc) is 3.42. The molecule has 0 unspecified atom stereocenters. The zero-order valence-electron chi connectivity index (χ0n) is 17.1. The Morgan fingerprint density at radius 3 is 2.37 bits per heavy atom. The van der Waals surface area contributed by atoms with Crippen molar-refractivity contribution in [3.8, 4) is 0 Å². The van der Waals surface area contributed by atoms with E-state index in [9.17, 15) is 4.79 Å². The van der Waals surface area contributed by atoms with Gasteiger partial charge in [0.25, 0.3) is 5.91 Å². The summed E-state index contributed by atoms with van der Waals surface area (Å²) in [4.78, 5) is 15.3. The molecule has 0 saturated carbocycles. The van der Waals surface area contributed by atoms with Gasteiger partial charge in [-0.1, -0.05) is 60.2 Å². The Balaban J connectivity index is 1.31. The van der Waals surface area contributed by atoms with E-state index in [0.717, 1.165) is 49.3 Å². The summed E-state index contributed by atoms with van der Waals surface area (Å²) in [5.74, 6) is 0.232. The van der Waals surface area contributed by atoms with Crippen molar-refractivity contribution in [2.75, 3.05) is 23.3 Å². The number of fused-ring (bicyclic) bond motifs is 1. The Morgan fingerprint density at radius 1 is 0.967 bits per heavy atom. The molecule has 0 atom stereocenters. The van der Waals surface area contributed by atoms with E-state index in [1.54, 1.807) is 0 Å². The lowest BCUT2D eigenvalue weighted by atomic mass is 9.99. The molecule has 2 aromatic carbocycles. The first-order valence-electron chi connectivity index (χ1n) is 10.8. The molecule has 1 amide bonds. The van der Waals surface area contributed by atoms with Gasteiger partial charge in [0.2, 0.25) is 0 Å². The van der Waals surface area contributed by atoms with Crippen molar-refractivity contribution < 1.29 is 4.79 Å². The highest BCUT2D eigenvalue weighted by Gasteiger charge is 2.22. The molecule has 3 N–H and O–H groups in total. The zero-order chi connectivity index (χ0) is 20.5. The first kappa shape index (κ1) is 18.9. The largest absolute Gasteiger partial charge is 0.370 e. The molecule has 0 bridgehead atoms. The van der Waals surface area contributed by atoms with Crippen LogP contribution in [0.25, 0.3) is 12.2 Å². The minimum atomic E-state index is -0.0401. The van der Waals surface area contributed by atoms with E-state index in [-0.39, 0.29) is 17.9 Å². The first-order chi connectivity index (χ1) is 14.7. The summed E-state index contributed by atoms with van der Waals surface area (Å²) in [6.45, 7) is 1.85. The van der Waals surface area contributed by atoms with Gasteiger partial charge < -0.3 is 16.0 Å². The highest BCUT2D eigenvalue weighted by Crippen LogP contribution is 2.31. The van der Waals surface area contributed by atoms with Crippen LogP contribution in [0.15, 0.2) is 71.8 Å². The van der Waals surface area contributed by atoms with Crippen LogP contribution in [0.5, 0.6) is 0 Å². The number of hydrogen-bond donors (Lipinski definition) is 2. The Kier molecular flexibility index (Phi) is 5.01. The fourth-order valence-corrected chi connectivity index (χ4v) is 4.59. The molecule has 4 nitrogen and oxygen atoms in total. The third-order valence-corrected chi connectivity index (χ3v) is 6.34. The predicted octanol–water partition coefficient (Wildman–Crippen LogP) is 2.70. The van der Waals surface area contributed by atoms with Gasteiger partial charge in [-0.15, -0.1) is 0 Å². The third kappa shape index (κ3) is 3.71. The maximum atomic E-state index is 13.0. The quantitative estimate of drug-likeness (QED) is 0.834. The van der Waals surface area contributed by atoms with Crippen molar-refractivity contribution in [2.24, 2.45) is 11.7 Å². The van der Waals surface area contributed by atoms with Crippen LogP contribution in [0.2, 0.25) is 0 Å². The number of para-hydroxylation sites is 2. The molecule has 1 fully saturated rings. The molecule has 4 heteroatoms. The van der Waals surface area contributed by atoms with Gasteiger partial charge in [0.1, 0.15) is 0 Å². The van der Waals surface area contributed by atoms with Crippen LogP contribution in [0, 0.1) is 5.92 Å². The number of amides is 1. The Bertz CT molecular complexity index is 1120. The molecule has 5 rings (SSSR count). The number of nitrogens with two attached hydrogens (primary N) is 1. The van der Waals surface area contributed by atoms with Gasteiger partial charge in [-0.25, -0.2) is 0 Å². The molecule has 152 valence electrons. The van der Waals surface area contributed by atoms with Crippen LogP contribution in [0.4, 0.5) is 11.4 Å². The van der Waals surface area contributed by atoms with E-state index < -0.39 is 0 Å². The van der Waals surface area contributed by atoms with Crippen molar-refractivity contribution in [3.63, 3.8) is 0 Å². The van der Waals surface area contributed by atoms with Crippen LogP contribution in [0.3, 0.4) is 0 Å². The second-order valence-electron chi connectivity index (χ2n) is 8.37. The maximum absolute atomic E-state index is 13.0. The molecule has 0 aromatic heterocycles. The SMILES string of the molecule is NC1CCN(c2ccccc2NC(=O)C2=CCC(C3C=c4ccccc4=C3)=C2)CC1. The summed E-state index contributed by atoms with van der Waals surface area (Å²) in [5, 5.41) is 5.69. The maximum Gasteiger partial charge on any atom is 0.255 e. The molecule has 2 aliphatic carbocycles. The van der Waals surface area contributed by atoms with Gasteiger partial charge in [0.15, 0.2) is 0 Å². The number of benzene rings is 2. The van der Waals surface area contributed by atoms with Crippen LogP contribution in [-0.4, -0.2) is 25.0 Å². The average molecular weight is 398 g/mol. The smallest absolute Gasteiger partial charge is 0.255 e. The summed E-state index contributed by atoms with van der Waals surface area (Å²) < 4.78 is 0. The highest BCUT2D eigenvalue weighted by atomic mass is 16.1. The van der Waals surface area contributed by atoms with Gasteiger partial charge in [0.05, 0.1) is 11.4 Å². The van der Waals surface area contributed by atoms with Gasteiger partial charge in [-0.3, -0.25) is 4.79 Å². The van der Waals surface area contributed by atoms with Gasteiger partial charge in [0, 0.05) is 30.6 Å². The first-order valence-corrected chi connectivity index (χ1v) is 10.8. The summed E-state index contributed by atoms with van der Waals surface area (Å²) in [7, 11) is 0. The van der Waals surface area contributed by atoms with Crippen molar-refractivity contribution in [3.05, 3.63) is 82.3 Å². The van der Waals surface area contributed by atoms with Gasteiger partial charge >= 0.3 is 0 Å². The number of anilines is 2. The summed E-state index contributed by atoms with van der Waals surface area (Å²) in [6.07, 6.45) is 11.4. The van der Waals surface area contributed by atoms with Crippen molar-refractivity contribution in [2.45, 2.75) is 25.3 Å². The molecular formula is C26H27N3O. The minimum absolute atomic E-state index is 0.0401. The lowest BCUT2D eigenvalue weighted by Gasteiger charge is -2.33. The third-order valence-electron chi connectivity index (χ3n) is 6.34. The standard InChI is InChI=1S/C26H27N3O/c27-23-11-13-29(14-12-23)25-8-4-3-7-24(25)28-26(30)21-10-9-20(15-21)22-16-18-5-1-2-6-19(18)17-22/h1-8,10,15-17,22-23H,9,11-14,27H2,(H,28,30). The molecular weight excluding hydrogens is 370 g/mol. The topological polar surface area (TPSA) is 58.4 Å². The summed E-state index contributed by atoms with van der Waals surface area (Å²) >= 11 is 0. The minimum Gasteiger partial charge on any atom is -0.370 e. The fourth-order valence-electron chi connectivity index (χ4n) is 4.59. The number of carbonyl (C=O) groups is 1. The molecule has 1 heterocycles. The number of piperidine rings is 1. The van der Waals surface area contributed by atoms with Crippen LogP contribution < -0.4 is 26.4 Å². The molecule has 2 aromatic rings. The van der Waals surface area contributed by atoms with Crippen molar-refractivity contribution >= 4 is 29.4 Å². The number of allylic oxidation sites excluding steroid dienone is 2. The van der Waals surface area contributed by atoms with Gasteiger partial charge in [-0.2, -0.15) is 0 Å². The monoisotopic (exact) mass is 397 g/mol. The summed E-state index contributed by atoms with van der Waals surface area (Å²) in [6, 6.07) is 16.8. The number of carbonyl (C=O) groups excluding carboxylic acids is 1. The second-order valence-corrected chi connectivity index (χ2v) is 8.37. The molecule has 3 aliphatic rings. The lowest BCUT2D eigenvalue weighted by molar-refractivity contribution is -0.112. The zero-order valence-corrected chi connectivity index (χ0v) is 17.1. The van der Waals surface area contributed by atoms with Gasteiger partial charge in [-0.05, 0) is 47.9 Å². The molecule has 1 aliphatic heterocycles. The Morgan fingerprint density at radius 2 is 1.63 bits per heavy atom. The Labute approximate surface area is 177 Å². The number of nitrogens with one attached hydrogen (secondary N) is 1. The number of rotatable bonds is 4. The van der Waals surface area contributed by atoms with E-state index in [4.69, 9.17) is 5.73 Å². The van der Waals surface area contributed by atoms with Crippen LogP contribution in [0.1, 0.15) is 19.3 Å². The van der Waals surface area contributed by atoms with Crippen molar-refractivity contribution in [1.82, 2.24) is 0 Å². The van der Waals surface area contributed by atoms with E-state index in [2.05, 4.69) is 58.8 Å². The highest BCUT2D eigenvalue weighted by molar-refractivity contribution is 6.08. The van der Waals surface area contributed by atoms with E-state index in [1.807, 2.05) is 24.3 Å². The van der Waals surface area contributed by atoms with Crippen molar-refractivity contribution in [1.29, 1.82) is 0 Å². The van der Waals surface area contributed by atoms with E-state index in [0.29, 0.717) is 0 Å². The molecule has 0 spiro atoms.